The van der Waals surface area contributed by atoms with E-state index in [1.54, 1.807) is 0 Å². The summed E-state index contributed by atoms with van der Waals surface area (Å²) in [5.74, 6) is -1.52. The van der Waals surface area contributed by atoms with Gasteiger partial charge in [0.2, 0.25) is 0 Å². The first-order chi connectivity index (χ1) is 9.93. The topological polar surface area (TPSA) is 87.7 Å². The molecule has 0 radical (unpaired) electrons. The lowest BCUT2D eigenvalue weighted by atomic mass is 10.1. The molecule has 1 rings (SSSR count). The molecule has 0 saturated carbocycles. The average Bonchev–Trinajstić information content (AvgIpc) is 2.41. The Hall–Kier alpha value is -1.42. The third kappa shape index (κ3) is 6.25. The number of anilines is 1. The van der Waals surface area contributed by atoms with Crippen molar-refractivity contribution in [3.63, 3.8) is 0 Å². The Morgan fingerprint density at radius 2 is 2.19 bits per heavy atom. The smallest absolute Gasteiger partial charge is 0.326 e. The second-order valence-corrected chi connectivity index (χ2v) is 5.41. The van der Waals surface area contributed by atoms with Crippen LogP contribution in [0.25, 0.3) is 0 Å². The van der Waals surface area contributed by atoms with Gasteiger partial charge in [-0.15, -0.1) is 0 Å². The predicted octanol–water partition coefficient (Wildman–Crippen LogP) is 2.43. The number of hydrogen-bond acceptors (Lipinski definition) is 3. The highest BCUT2D eigenvalue weighted by Gasteiger charge is 2.19. The van der Waals surface area contributed by atoms with E-state index in [-0.39, 0.29) is 6.42 Å². The maximum atomic E-state index is 13.0. The molecular formula is C13H16FIN2O4. The van der Waals surface area contributed by atoms with Crippen LogP contribution in [0.15, 0.2) is 18.2 Å². The molecule has 1 atom stereocenters. The van der Waals surface area contributed by atoms with E-state index in [1.165, 1.54) is 25.3 Å². The summed E-state index contributed by atoms with van der Waals surface area (Å²) in [7, 11) is 1.52. The Kier molecular flexibility index (Phi) is 7.37. The zero-order chi connectivity index (χ0) is 15.8. The summed E-state index contributed by atoms with van der Waals surface area (Å²) in [6, 6.07) is 2.24. The maximum absolute atomic E-state index is 13.0. The molecule has 2 amide bonds. The Bertz CT molecular complexity index is 513. The standard InChI is InChI=1S/C13H16FIN2O4/c1-21-6-2-3-11(12(18)19)17-13(20)16-10-5-4-8(14)7-9(10)15/h4-5,7,11H,2-3,6H2,1H3,(H,18,19)(H2,16,17,20). The van der Waals surface area contributed by atoms with Crippen molar-refractivity contribution >= 4 is 40.3 Å². The van der Waals surface area contributed by atoms with Gasteiger partial charge < -0.3 is 20.5 Å². The van der Waals surface area contributed by atoms with Gasteiger partial charge in [-0.25, -0.2) is 14.0 Å². The molecule has 116 valence electrons. The number of ether oxygens (including phenoxy) is 1. The molecule has 1 aromatic rings. The van der Waals surface area contributed by atoms with Gasteiger partial charge in [-0.3, -0.25) is 0 Å². The van der Waals surface area contributed by atoms with Crippen LogP contribution < -0.4 is 10.6 Å². The Labute approximate surface area is 135 Å². The minimum atomic E-state index is -1.12. The number of aliphatic carboxylic acids is 1. The van der Waals surface area contributed by atoms with E-state index in [0.717, 1.165) is 0 Å². The van der Waals surface area contributed by atoms with E-state index in [0.29, 0.717) is 22.3 Å². The van der Waals surface area contributed by atoms with Crippen LogP contribution in [0.4, 0.5) is 14.9 Å². The molecule has 0 aliphatic carbocycles. The number of carboxylic acid groups (broad SMARTS) is 1. The first-order valence-electron chi connectivity index (χ1n) is 6.18. The lowest BCUT2D eigenvalue weighted by Gasteiger charge is -2.15. The number of benzene rings is 1. The van der Waals surface area contributed by atoms with Gasteiger partial charge in [0.1, 0.15) is 11.9 Å². The number of rotatable bonds is 7. The SMILES string of the molecule is COCCCC(NC(=O)Nc1ccc(F)cc1I)C(=O)O. The lowest BCUT2D eigenvalue weighted by Crippen LogP contribution is -2.43. The Morgan fingerprint density at radius 1 is 1.48 bits per heavy atom. The summed E-state index contributed by atoms with van der Waals surface area (Å²) in [5, 5.41) is 13.9. The van der Waals surface area contributed by atoms with Crippen LogP contribution in [-0.4, -0.2) is 36.9 Å². The van der Waals surface area contributed by atoms with Gasteiger partial charge in [-0.1, -0.05) is 0 Å². The minimum absolute atomic E-state index is 0.261. The monoisotopic (exact) mass is 410 g/mol. The molecule has 0 heterocycles. The average molecular weight is 410 g/mol. The number of nitrogens with one attached hydrogen (secondary N) is 2. The largest absolute Gasteiger partial charge is 0.480 e. The molecule has 0 aliphatic rings. The van der Waals surface area contributed by atoms with Gasteiger partial charge in [0.05, 0.1) is 5.69 Å². The zero-order valence-electron chi connectivity index (χ0n) is 11.4. The van der Waals surface area contributed by atoms with Gasteiger partial charge in [-0.2, -0.15) is 0 Å². The van der Waals surface area contributed by atoms with Gasteiger partial charge >= 0.3 is 12.0 Å². The lowest BCUT2D eigenvalue weighted by molar-refractivity contribution is -0.139. The van der Waals surface area contributed by atoms with E-state index in [4.69, 9.17) is 9.84 Å². The highest BCUT2D eigenvalue weighted by Crippen LogP contribution is 2.18. The molecule has 0 fully saturated rings. The van der Waals surface area contributed by atoms with E-state index >= 15 is 0 Å². The van der Waals surface area contributed by atoms with Gasteiger partial charge in [0.25, 0.3) is 0 Å². The van der Waals surface area contributed by atoms with Crippen LogP contribution in [0.5, 0.6) is 0 Å². The van der Waals surface area contributed by atoms with Crippen molar-refractivity contribution in [3.05, 3.63) is 27.6 Å². The third-order valence-electron chi connectivity index (χ3n) is 2.62. The molecule has 0 saturated heterocycles. The minimum Gasteiger partial charge on any atom is -0.480 e. The van der Waals surface area contributed by atoms with Crippen molar-refractivity contribution in [2.45, 2.75) is 18.9 Å². The van der Waals surface area contributed by atoms with Crippen LogP contribution in [0.1, 0.15) is 12.8 Å². The zero-order valence-corrected chi connectivity index (χ0v) is 13.5. The number of urea groups is 1. The highest BCUT2D eigenvalue weighted by atomic mass is 127. The molecule has 21 heavy (non-hydrogen) atoms. The van der Waals surface area contributed by atoms with Gasteiger partial charge in [0.15, 0.2) is 0 Å². The number of halogens is 2. The van der Waals surface area contributed by atoms with Crippen LogP contribution >= 0.6 is 22.6 Å². The summed E-state index contributed by atoms with van der Waals surface area (Å²) in [6.45, 7) is 0.420. The van der Waals surface area contributed by atoms with Gasteiger partial charge in [-0.05, 0) is 53.6 Å². The van der Waals surface area contributed by atoms with Crippen LogP contribution in [0.2, 0.25) is 0 Å². The summed E-state index contributed by atoms with van der Waals surface area (Å²) in [5.41, 5.74) is 0.413. The molecule has 0 aromatic heterocycles. The molecule has 8 heteroatoms. The summed E-state index contributed by atoms with van der Waals surface area (Å²) in [6.07, 6.45) is 0.777. The number of hydrogen-bond donors (Lipinski definition) is 3. The Balaban J connectivity index is 2.59. The Morgan fingerprint density at radius 3 is 2.76 bits per heavy atom. The number of amides is 2. The summed E-state index contributed by atoms with van der Waals surface area (Å²) in [4.78, 5) is 22.8. The predicted molar refractivity (Wildman–Crippen MR) is 83.8 cm³/mol. The fourth-order valence-corrected chi connectivity index (χ4v) is 2.21. The number of carboxylic acids is 1. The molecule has 1 unspecified atom stereocenters. The summed E-state index contributed by atoms with van der Waals surface area (Å²) < 4.78 is 18.3. The quantitative estimate of drug-likeness (QED) is 0.476. The van der Waals surface area contributed by atoms with E-state index < -0.39 is 23.9 Å². The molecule has 0 aliphatic heterocycles. The normalized spacial score (nSPS) is 11.8. The molecule has 1 aromatic carbocycles. The second-order valence-electron chi connectivity index (χ2n) is 4.25. The molecule has 0 spiro atoms. The third-order valence-corrected chi connectivity index (χ3v) is 3.52. The van der Waals surface area contributed by atoms with Crippen LogP contribution in [0, 0.1) is 9.39 Å². The van der Waals surface area contributed by atoms with E-state index in [2.05, 4.69) is 10.6 Å². The number of carbonyl (C=O) groups excluding carboxylic acids is 1. The van der Waals surface area contributed by atoms with Crippen LogP contribution in [0.3, 0.4) is 0 Å². The van der Waals surface area contributed by atoms with Crippen molar-refractivity contribution in [2.24, 2.45) is 0 Å². The first-order valence-corrected chi connectivity index (χ1v) is 7.26. The van der Waals surface area contributed by atoms with Crippen molar-refractivity contribution in [3.8, 4) is 0 Å². The molecule has 6 nitrogen and oxygen atoms in total. The summed E-state index contributed by atoms with van der Waals surface area (Å²) >= 11 is 1.88. The van der Waals surface area contributed by atoms with E-state index in [9.17, 15) is 14.0 Å². The molecule has 3 N–H and O–H groups in total. The molecule has 0 bridgehead atoms. The fraction of sp³-hybridized carbons (Fsp3) is 0.385. The molecular weight excluding hydrogens is 394 g/mol. The van der Waals surface area contributed by atoms with Gasteiger partial charge in [0, 0.05) is 17.3 Å². The number of carbonyl (C=O) groups is 2. The highest BCUT2D eigenvalue weighted by molar-refractivity contribution is 14.1. The van der Waals surface area contributed by atoms with Crippen molar-refractivity contribution < 1.29 is 23.8 Å². The van der Waals surface area contributed by atoms with Crippen LogP contribution in [-0.2, 0) is 9.53 Å². The number of methoxy groups -OCH3 is 1. The maximum Gasteiger partial charge on any atom is 0.326 e. The van der Waals surface area contributed by atoms with Crippen molar-refractivity contribution in [1.82, 2.24) is 5.32 Å². The fourth-order valence-electron chi connectivity index (χ4n) is 1.60. The van der Waals surface area contributed by atoms with E-state index in [1.807, 2.05) is 22.6 Å². The van der Waals surface area contributed by atoms with Crippen molar-refractivity contribution in [1.29, 1.82) is 0 Å². The van der Waals surface area contributed by atoms with Crippen molar-refractivity contribution in [2.75, 3.05) is 19.0 Å². The second kappa shape index (κ2) is 8.78. The first kappa shape index (κ1) is 17.6.